The number of likely N-dealkylation sites (tertiary alicyclic amines) is 1. The molecular weight excluding hydrogens is 262 g/mol. The predicted octanol–water partition coefficient (Wildman–Crippen LogP) is 3.64. The number of rotatable bonds is 5. The Morgan fingerprint density at radius 3 is 2.52 bits per heavy atom. The molecule has 0 aromatic heterocycles. The van der Waals surface area contributed by atoms with Gasteiger partial charge in [-0.15, -0.1) is 0 Å². The van der Waals surface area contributed by atoms with E-state index in [2.05, 4.69) is 29.2 Å². The van der Waals surface area contributed by atoms with Gasteiger partial charge in [-0.1, -0.05) is 31.2 Å². The van der Waals surface area contributed by atoms with Gasteiger partial charge in [0, 0.05) is 6.54 Å². The van der Waals surface area contributed by atoms with E-state index in [-0.39, 0.29) is 0 Å². The van der Waals surface area contributed by atoms with E-state index in [0.29, 0.717) is 0 Å². The highest BCUT2D eigenvalue weighted by Crippen LogP contribution is 2.42. The van der Waals surface area contributed by atoms with E-state index >= 15 is 0 Å². The third kappa shape index (κ3) is 2.98. The molecule has 2 aliphatic rings. The Kier molecular flexibility index (Phi) is 4.03. The summed E-state index contributed by atoms with van der Waals surface area (Å²) in [7, 11) is 0. The van der Waals surface area contributed by atoms with Crippen molar-refractivity contribution in [2.75, 3.05) is 13.1 Å². The predicted molar refractivity (Wildman–Crippen MR) is 83.3 cm³/mol. The number of carbonyl (C=O) groups is 1. The number of hydrogen-bond donors (Lipinski definition) is 1. The van der Waals surface area contributed by atoms with Crippen molar-refractivity contribution in [1.82, 2.24) is 4.90 Å². The van der Waals surface area contributed by atoms with Crippen molar-refractivity contribution >= 4 is 5.97 Å². The normalized spacial score (nSPS) is 22.1. The lowest BCUT2D eigenvalue weighted by Crippen LogP contribution is -2.43. The van der Waals surface area contributed by atoms with E-state index in [0.717, 1.165) is 44.8 Å². The average Bonchev–Trinajstić information content (AvgIpc) is 3.33. The van der Waals surface area contributed by atoms with E-state index in [1.165, 1.54) is 24.0 Å². The molecule has 1 N–H and O–H groups in total. The summed E-state index contributed by atoms with van der Waals surface area (Å²) < 4.78 is 0. The first-order valence-electron chi connectivity index (χ1n) is 8.18. The van der Waals surface area contributed by atoms with Crippen LogP contribution < -0.4 is 0 Å². The van der Waals surface area contributed by atoms with Crippen LogP contribution in [0.25, 0.3) is 0 Å². The third-order valence-electron chi connectivity index (χ3n) is 5.41. The minimum atomic E-state index is -0.608. The number of carboxylic acid groups (broad SMARTS) is 1. The van der Waals surface area contributed by atoms with E-state index in [1.807, 2.05) is 6.92 Å². The molecule has 0 radical (unpaired) electrons. The minimum Gasteiger partial charge on any atom is -0.481 e. The van der Waals surface area contributed by atoms with E-state index in [4.69, 9.17) is 0 Å². The Balaban J connectivity index is 1.64. The summed E-state index contributed by atoms with van der Waals surface area (Å²) in [4.78, 5) is 13.9. The summed E-state index contributed by atoms with van der Waals surface area (Å²) in [6.45, 7) is 4.79. The first-order chi connectivity index (χ1) is 10.1. The van der Waals surface area contributed by atoms with Gasteiger partial charge in [0.15, 0.2) is 0 Å². The fraction of sp³-hybridized carbons (Fsp3) is 0.611. The Labute approximate surface area is 127 Å². The van der Waals surface area contributed by atoms with Crippen LogP contribution in [-0.4, -0.2) is 29.1 Å². The fourth-order valence-electron chi connectivity index (χ4n) is 3.57. The molecule has 1 heterocycles. The van der Waals surface area contributed by atoms with Crippen LogP contribution in [0, 0.1) is 5.41 Å². The largest absolute Gasteiger partial charge is 0.481 e. The second-order valence-corrected chi connectivity index (χ2v) is 6.69. The minimum absolute atomic E-state index is 0.480. The van der Waals surface area contributed by atoms with Gasteiger partial charge in [0.05, 0.1) is 5.41 Å². The van der Waals surface area contributed by atoms with Crippen LogP contribution in [0.4, 0.5) is 0 Å². The molecule has 0 bridgehead atoms. The standard InChI is InChI=1S/C18H25NO2/c1-2-18(17(20)21)9-11-19(12-10-18)13-15-5-3-4-6-16(15)14-7-8-14/h3-6,14H,2,7-13H2,1H3,(H,20,21). The maximum Gasteiger partial charge on any atom is 0.309 e. The molecular formula is C18H25NO2. The molecule has 114 valence electrons. The quantitative estimate of drug-likeness (QED) is 0.899. The molecule has 1 aromatic rings. The number of carboxylic acids is 1. The highest BCUT2D eigenvalue weighted by atomic mass is 16.4. The Bertz CT molecular complexity index is 514. The molecule has 1 saturated carbocycles. The lowest BCUT2D eigenvalue weighted by molar-refractivity contribution is -0.152. The van der Waals surface area contributed by atoms with Gasteiger partial charge in [-0.2, -0.15) is 0 Å². The van der Waals surface area contributed by atoms with Crippen LogP contribution in [0.2, 0.25) is 0 Å². The van der Waals surface area contributed by atoms with Crippen molar-refractivity contribution in [3.8, 4) is 0 Å². The van der Waals surface area contributed by atoms with E-state index < -0.39 is 11.4 Å². The van der Waals surface area contributed by atoms with Crippen LogP contribution in [0.15, 0.2) is 24.3 Å². The summed E-state index contributed by atoms with van der Waals surface area (Å²) in [5, 5.41) is 9.47. The SMILES string of the molecule is CCC1(C(=O)O)CCN(Cc2ccccc2C2CC2)CC1. The van der Waals surface area contributed by atoms with Gasteiger partial charge in [-0.05, 0) is 62.2 Å². The number of nitrogens with zero attached hydrogens (tertiary/aromatic N) is 1. The van der Waals surface area contributed by atoms with Gasteiger partial charge in [-0.3, -0.25) is 9.69 Å². The van der Waals surface area contributed by atoms with Gasteiger partial charge >= 0.3 is 5.97 Å². The second-order valence-electron chi connectivity index (χ2n) is 6.69. The van der Waals surface area contributed by atoms with Gasteiger partial charge in [0.1, 0.15) is 0 Å². The first-order valence-corrected chi connectivity index (χ1v) is 8.18. The molecule has 1 aromatic carbocycles. The molecule has 2 fully saturated rings. The van der Waals surface area contributed by atoms with Crippen molar-refractivity contribution in [3.63, 3.8) is 0 Å². The average molecular weight is 287 g/mol. The number of piperidine rings is 1. The van der Waals surface area contributed by atoms with Crippen LogP contribution >= 0.6 is 0 Å². The molecule has 0 amide bonds. The molecule has 0 atom stereocenters. The summed E-state index contributed by atoms with van der Waals surface area (Å²) in [6, 6.07) is 8.77. The Morgan fingerprint density at radius 2 is 1.95 bits per heavy atom. The maximum atomic E-state index is 11.5. The van der Waals surface area contributed by atoms with Gasteiger partial charge in [0.25, 0.3) is 0 Å². The molecule has 21 heavy (non-hydrogen) atoms. The smallest absolute Gasteiger partial charge is 0.309 e. The van der Waals surface area contributed by atoms with Gasteiger partial charge in [-0.25, -0.2) is 0 Å². The second kappa shape index (κ2) is 5.80. The molecule has 1 saturated heterocycles. The Hall–Kier alpha value is -1.35. The summed E-state index contributed by atoms with van der Waals surface area (Å²) >= 11 is 0. The van der Waals surface area contributed by atoms with Crippen LogP contribution in [0.5, 0.6) is 0 Å². The topological polar surface area (TPSA) is 40.5 Å². The molecule has 3 heteroatoms. The molecule has 1 aliphatic heterocycles. The fourth-order valence-corrected chi connectivity index (χ4v) is 3.57. The first kappa shape index (κ1) is 14.6. The van der Waals surface area contributed by atoms with Crippen molar-refractivity contribution in [1.29, 1.82) is 0 Å². The Morgan fingerprint density at radius 1 is 1.29 bits per heavy atom. The van der Waals surface area contributed by atoms with E-state index in [1.54, 1.807) is 0 Å². The number of hydrogen-bond acceptors (Lipinski definition) is 2. The summed E-state index contributed by atoms with van der Waals surface area (Å²) in [6.07, 6.45) is 4.97. The highest BCUT2D eigenvalue weighted by Gasteiger charge is 2.39. The molecule has 0 unspecified atom stereocenters. The van der Waals surface area contributed by atoms with Crippen molar-refractivity contribution < 1.29 is 9.90 Å². The number of benzene rings is 1. The van der Waals surface area contributed by atoms with Crippen molar-refractivity contribution in [2.24, 2.45) is 5.41 Å². The third-order valence-corrected chi connectivity index (χ3v) is 5.41. The maximum absolute atomic E-state index is 11.5. The van der Waals surface area contributed by atoms with Gasteiger partial charge < -0.3 is 5.11 Å². The van der Waals surface area contributed by atoms with Crippen LogP contribution in [-0.2, 0) is 11.3 Å². The molecule has 0 spiro atoms. The zero-order valence-corrected chi connectivity index (χ0v) is 12.8. The zero-order chi connectivity index (χ0) is 14.9. The van der Waals surface area contributed by atoms with Crippen LogP contribution in [0.3, 0.4) is 0 Å². The van der Waals surface area contributed by atoms with E-state index in [9.17, 15) is 9.90 Å². The van der Waals surface area contributed by atoms with Crippen molar-refractivity contribution in [3.05, 3.63) is 35.4 Å². The summed E-state index contributed by atoms with van der Waals surface area (Å²) in [5.74, 6) is 0.169. The van der Waals surface area contributed by atoms with Gasteiger partial charge in [0.2, 0.25) is 0 Å². The molecule has 3 rings (SSSR count). The number of aliphatic carboxylic acids is 1. The zero-order valence-electron chi connectivity index (χ0n) is 12.8. The molecule has 3 nitrogen and oxygen atoms in total. The highest BCUT2D eigenvalue weighted by molar-refractivity contribution is 5.74. The molecule has 1 aliphatic carbocycles. The lowest BCUT2D eigenvalue weighted by Gasteiger charge is -2.38. The van der Waals surface area contributed by atoms with Crippen molar-refractivity contribution in [2.45, 2.75) is 51.5 Å². The van der Waals surface area contributed by atoms with Crippen LogP contribution in [0.1, 0.15) is 56.1 Å². The summed E-state index contributed by atoms with van der Waals surface area (Å²) in [5.41, 5.74) is 2.48. The lowest BCUT2D eigenvalue weighted by atomic mass is 9.76. The monoisotopic (exact) mass is 287 g/mol.